The Morgan fingerprint density at radius 1 is 1.21 bits per heavy atom. The Morgan fingerprint density at radius 2 is 1.93 bits per heavy atom. The van der Waals surface area contributed by atoms with Crippen LogP contribution in [0.4, 0.5) is 0 Å². The third-order valence-electron chi connectivity index (χ3n) is 5.28. The van der Waals surface area contributed by atoms with Gasteiger partial charge in [-0.05, 0) is 30.3 Å². The van der Waals surface area contributed by atoms with Gasteiger partial charge in [0.1, 0.15) is 0 Å². The molecule has 148 valence electrons. The molecule has 0 bridgehead atoms. The first-order valence-corrected chi connectivity index (χ1v) is 10.7. The molecule has 1 aromatic heterocycles. The summed E-state index contributed by atoms with van der Waals surface area (Å²) in [6.07, 6.45) is 0.710. The van der Waals surface area contributed by atoms with E-state index in [0.29, 0.717) is 25.1 Å². The maximum absolute atomic E-state index is 12.8. The van der Waals surface area contributed by atoms with Gasteiger partial charge in [-0.2, -0.15) is 9.57 Å². The van der Waals surface area contributed by atoms with Crippen molar-refractivity contribution in [1.29, 1.82) is 5.26 Å². The molecule has 0 fully saturated rings. The highest BCUT2D eigenvalue weighted by Gasteiger charge is 2.28. The van der Waals surface area contributed by atoms with Gasteiger partial charge in [-0.3, -0.25) is 4.79 Å². The second-order valence-electron chi connectivity index (χ2n) is 7.09. The minimum absolute atomic E-state index is 0.0596. The lowest BCUT2D eigenvalue weighted by Crippen LogP contribution is -2.43. The van der Waals surface area contributed by atoms with Crippen LogP contribution in [0.3, 0.4) is 0 Å². The van der Waals surface area contributed by atoms with Crippen molar-refractivity contribution in [1.82, 2.24) is 14.2 Å². The molecule has 1 aliphatic rings. The Hall–Kier alpha value is -3.15. The Balaban J connectivity index is 1.49. The summed E-state index contributed by atoms with van der Waals surface area (Å²) in [7, 11) is -2.42. The van der Waals surface area contributed by atoms with E-state index in [1.54, 1.807) is 4.90 Å². The summed E-state index contributed by atoms with van der Waals surface area (Å²) in [5.41, 5.74) is 3.66. The van der Waals surface area contributed by atoms with Gasteiger partial charge in [0.2, 0.25) is 15.9 Å². The standard InChI is InChI=1S/C21H20N4O3S/c1-24(29(27,28)16-8-6-15(12-22)7-9-16)14-21(26)25-11-10-20-18(13-25)17-4-2-3-5-19(17)23-20/h2-9,23H,10-11,13-14H2,1H3. The highest BCUT2D eigenvalue weighted by molar-refractivity contribution is 7.89. The Morgan fingerprint density at radius 3 is 2.66 bits per heavy atom. The molecule has 1 N–H and O–H groups in total. The van der Waals surface area contributed by atoms with Gasteiger partial charge in [0.25, 0.3) is 0 Å². The topological polar surface area (TPSA) is 97.3 Å². The maximum atomic E-state index is 12.8. The normalized spacial score (nSPS) is 14.0. The van der Waals surface area contributed by atoms with Crippen molar-refractivity contribution in [3.05, 3.63) is 65.4 Å². The second kappa shape index (κ2) is 7.35. The number of para-hydroxylation sites is 1. The van der Waals surface area contributed by atoms with Crippen LogP contribution < -0.4 is 0 Å². The van der Waals surface area contributed by atoms with E-state index < -0.39 is 10.0 Å². The zero-order valence-corrected chi connectivity index (χ0v) is 16.7. The molecule has 4 rings (SSSR count). The fourth-order valence-electron chi connectivity index (χ4n) is 3.64. The van der Waals surface area contributed by atoms with Crippen molar-refractivity contribution in [2.75, 3.05) is 20.1 Å². The van der Waals surface area contributed by atoms with E-state index in [2.05, 4.69) is 4.98 Å². The lowest BCUT2D eigenvalue weighted by atomic mass is 10.0. The molecule has 1 amide bonds. The van der Waals surface area contributed by atoms with Crippen molar-refractivity contribution in [2.45, 2.75) is 17.9 Å². The number of carbonyl (C=O) groups is 1. The number of benzene rings is 2. The van der Waals surface area contributed by atoms with Gasteiger partial charge in [-0.15, -0.1) is 0 Å². The minimum atomic E-state index is -3.81. The summed E-state index contributed by atoms with van der Waals surface area (Å²) in [5.74, 6) is -0.236. The number of fused-ring (bicyclic) bond motifs is 3. The predicted molar refractivity (Wildman–Crippen MR) is 108 cm³/mol. The van der Waals surface area contributed by atoms with Gasteiger partial charge in [-0.25, -0.2) is 8.42 Å². The van der Waals surface area contributed by atoms with Crippen LogP contribution in [0.1, 0.15) is 16.8 Å². The number of nitriles is 1. The number of nitrogens with one attached hydrogen (secondary N) is 1. The zero-order chi connectivity index (χ0) is 20.6. The molecule has 0 radical (unpaired) electrons. The average molecular weight is 408 g/mol. The molecule has 0 saturated heterocycles. The monoisotopic (exact) mass is 408 g/mol. The summed E-state index contributed by atoms with van der Waals surface area (Å²) in [6.45, 7) is 0.770. The molecule has 2 aromatic carbocycles. The summed E-state index contributed by atoms with van der Waals surface area (Å²) < 4.78 is 26.6. The number of rotatable bonds is 4. The second-order valence-corrected chi connectivity index (χ2v) is 9.14. The summed E-state index contributed by atoms with van der Waals surface area (Å²) >= 11 is 0. The fourth-order valence-corrected chi connectivity index (χ4v) is 4.76. The van der Waals surface area contributed by atoms with Gasteiger partial charge in [0.15, 0.2) is 0 Å². The molecule has 3 aromatic rings. The van der Waals surface area contributed by atoms with Crippen molar-refractivity contribution in [3.8, 4) is 6.07 Å². The summed E-state index contributed by atoms with van der Waals surface area (Å²) in [4.78, 5) is 18.0. The largest absolute Gasteiger partial charge is 0.358 e. The van der Waals surface area contributed by atoms with Gasteiger partial charge in [0.05, 0.1) is 23.1 Å². The third kappa shape index (κ3) is 3.50. The number of carbonyl (C=O) groups excluding carboxylic acids is 1. The van der Waals surface area contributed by atoms with Crippen LogP contribution in [0.25, 0.3) is 10.9 Å². The first kappa shape index (κ1) is 19.2. The van der Waals surface area contributed by atoms with Crippen molar-refractivity contribution < 1.29 is 13.2 Å². The van der Waals surface area contributed by atoms with Crippen molar-refractivity contribution in [2.24, 2.45) is 0 Å². The van der Waals surface area contributed by atoms with E-state index >= 15 is 0 Å². The third-order valence-corrected chi connectivity index (χ3v) is 7.10. The van der Waals surface area contributed by atoms with Crippen molar-refractivity contribution >= 4 is 26.8 Å². The van der Waals surface area contributed by atoms with E-state index in [0.717, 1.165) is 26.5 Å². The van der Waals surface area contributed by atoms with Crippen LogP contribution in [-0.2, 0) is 27.8 Å². The van der Waals surface area contributed by atoms with Crippen LogP contribution in [0.5, 0.6) is 0 Å². The van der Waals surface area contributed by atoms with Crippen LogP contribution >= 0.6 is 0 Å². The quantitative estimate of drug-likeness (QED) is 0.716. The summed E-state index contributed by atoms with van der Waals surface area (Å²) in [6, 6.07) is 15.6. The number of H-pyrrole nitrogens is 1. The molecule has 0 unspecified atom stereocenters. The number of aromatic amines is 1. The van der Waals surface area contributed by atoms with Crippen LogP contribution in [0.2, 0.25) is 0 Å². The van der Waals surface area contributed by atoms with Crippen LogP contribution in [-0.4, -0.2) is 48.7 Å². The van der Waals surface area contributed by atoms with E-state index in [1.807, 2.05) is 30.3 Å². The smallest absolute Gasteiger partial charge is 0.243 e. The number of likely N-dealkylation sites (N-methyl/N-ethyl adjacent to an activating group) is 1. The molecule has 0 aliphatic carbocycles. The minimum Gasteiger partial charge on any atom is -0.358 e. The Labute approximate surface area is 169 Å². The lowest BCUT2D eigenvalue weighted by molar-refractivity contribution is -0.132. The Bertz CT molecular complexity index is 1220. The number of hydrogen-bond donors (Lipinski definition) is 1. The van der Waals surface area contributed by atoms with Crippen LogP contribution in [0, 0.1) is 11.3 Å². The van der Waals surface area contributed by atoms with Gasteiger partial charge >= 0.3 is 0 Å². The molecule has 0 saturated carbocycles. The SMILES string of the molecule is CN(CC(=O)N1CCc2[nH]c3ccccc3c2C1)S(=O)(=O)c1ccc(C#N)cc1. The predicted octanol–water partition coefficient (Wildman–Crippen LogP) is 2.24. The van der Waals surface area contributed by atoms with E-state index in [9.17, 15) is 13.2 Å². The molecule has 0 spiro atoms. The first-order chi connectivity index (χ1) is 13.9. The molecule has 29 heavy (non-hydrogen) atoms. The maximum Gasteiger partial charge on any atom is 0.243 e. The van der Waals surface area contributed by atoms with Crippen LogP contribution in [0.15, 0.2) is 53.4 Å². The lowest BCUT2D eigenvalue weighted by Gasteiger charge is -2.29. The zero-order valence-electron chi connectivity index (χ0n) is 15.9. The molecule has 8 heteroatoms. The van der Waals surface area contributed by atoms with Gasteiger partial charge < -0.3 is 9.88 Å². The number of hydrogen-bond acceptors (Lipinski definition) is 4. The molecule has 1 aliphatic heterocycles. The molecule has 0 atom stereocenters. The van der Waals surface area contributed by atoms with Crippen molar-refractivity contribution in [3.63, 3.8) is 0 Å². The van der Waals surface area contributed by atoms with E-state index in [-0.39, 0.29) is 17.3 Å². The molecule has 2 heterocycles. The number of aromatic nitrogens is 1. The number of sulfonamides is 1. The van der Waals surface area contributed by atoms with Gasteiger partial charge in [-0.1, -0.05) is 18.2 Å². The first-order valence-electron chi connectivity index (χ1n) is 9.23. The van der Waals surface area contributed by atoms with E-state index in [4.69, 9.17) is 5.26 Å². The number of nitrogens with zero attached hydrogens (tertiary/aromatic N) is 3. The Kier molecular flexibility index (Phi) is 4.86. The van der Waals surface area contributed by atoms with Gasteiger partial charge in [0, 0.05) is 48.7 Å². The summed E-state index contributed by atoms with van der Waals surface area (Å²) in [5, 5.41) is 9.96. The average Bonchev–Trinajstić information content (AvgIpc) is 3.11. The number of amides is 1. The molecule has 7 nitrogen and oxygen atoms in total. The van der Waals surface area contributed by atoms with E-state index in [1.165, 1.54) is 31.3 Å². The fraction of sp³-hybridized carbons (Fsp3) is 0.238. The molecular formula is C21H20N4O3S. The highest BCUT2D eigenvalue weighted by atomic mass is 32.2. The highest BCUT2D eigenvalue weighted by Crippen LogP contribution is 2.27. The molecular weight excluding hydrogens is 388 g/mol.